The molecule has 1 fully saturated rings. The van der Waals surface area contributed by atoms with Gasteiger partial charge < -0.3 is 40.1 Å². The van der Waals surface area contributed by atoms with Crippen LogP contribution in [0.15, 0.2) is 0 Å². The molecule has 0 aromatic rings. The van der Waals surface area contributed by atoms with Crippen LogP contribution >= 0.6 is 0 Å². The van der Waals surface area contributed by atoms with E-state index in [4.69, 9.17) is 29.4 Å². The van der Waals surface area contributed by atoms with Crippen LogP contribution < -0.4 is 16.4 Å². The Morgan fingerprint density at radius 2 is 1.49 bits per heavy atom. The van der Waals surface area contributed by atoms with Crippen molar-refractivity contribution in [3.8, 4) is 0 Å². The number of unbranched alkanes of at least 4 members (excludes halogenated alkanes) is 3. The van der Waals surface area contributed by atoms with E-state index < -0.39 is 54.5 Å². The number of ether oxygens (including phenoxy) is 5. The van der Waals surface area contributed by atoms with Crippen LogP contribution in [0.4, 0.5) is 0 Å². The Hall–Kier alpha value is -2.77. The topological polar surface area (TPSA) is 182 Å². The zero-order valence-electron chi connectivity index (χ0n) is 22.1. The molecule has 0 aromatic heterocycles. The van der Waals surface area contributed by atoms with Gasteiger partial charge in [-0.05, 0) is 25.8 Å². The Labute approximate surface area is 217 Å². The van der Waals surface area contributed by atoms with Crippen LogP contribution in [-0.2, 0) is 47.7 Å². The van der Waals surface area contributed by atoms with Crippen LogP contribution in [0.1, 0.15) is 66.2 Å². The fourth-order valence-corrected chi connectivity index (χ4v) is 3.80. The molecule has 212 valence electrons. The van der Waals surface area contributed by atoms with E-state index in [9.17, 15) is 24.0 Å². The summed E-state index contributed by atoms with van der Waals surface area (Å²) in [5, 5.41) is 5.47. The number of carbonyl (C=O) groups excluding carboxylic acids is 5. The zero-order chi connectivity index (χ0) is 27.8. The summed E-state index contributed by atoms with van der Waals surface area (Å²) in [6.07, 6.45) is -0.136. The monoisotopic (exact) mass is 531 g/mol. The number of hydrogen-bond acceptors (Lipinski definition) is 11. The van der Waals surface area contributed by atoms with Gasteiger partial charge in [0.25, 0.3) is 0 Å². The van der Waals surface area contributed by atoms with Crippen molar-refractivity contribution >= 4 is 29.7 Å². The Kier molecular flexibility index (Phi) is 15.4. The molecule has 37 heavy (non-hydrogen) atoms. The molecule has 1 heterocycles. The third-order valence-corrected chi connectivity index (χ3v) is 5.35. The summed E-state index contributed by atoms with van der Waals surface area (Å²) < 4.78 is 27.5. The van der Waals surface area contributed by atoms with Crippen LogP contribution in [0.3, 0.4) is 0 Å². The second-order valence-corrected chi connectivity index (χ2v) is 8.75. The lowest BCUT2D eigenvalue weighted by atomic mass is 9.96. The first kappa shape index (κ1) is 32.3. The van der Waals surface area contributed by atoms with Gasteiger partial charge in [-0.1, -0.05) is 12.8 Å². The molecule has 1 rings (SSSR count). The van der Waals surface area contributed by atoms with Gasteiger partial charge in [-0.2, -0.15) is 0 Å². The third-order valence-electron chi connectivity index (χ3n) is 5.35. The third kappa shape index (κ3) is 13.4. The standard InChI is InChI=1S/C24H41N3O10/c1-15(28)27-21-23(36-18(4)31)22(35-17(3)30)19(14-34-16(2)29)37-24(21)33-13-9-10-20(32)26-12-8-6-5-7-11-25/h19,21-24H,5-14,25H2,1-4H3,(H,26,32)(H,27,28). The molecule has 5 atom stereocenters. The summed E-state index contributed by atoms with van der Waals surface area (Å²) in [5.74, 6) is -2.56. The molecule has 0 aliphatic carbocycles. The zero-order valence-corrected chi connectivity index (χ0v) is 22.1. The minimum atomic E-state index is -1.19. The number of carbonyl (C=O) groups is 5. The van der Waals surface area contributed by atoms with Crippen molar-refractivity contribution in [1.29, 1.82) is 0 Å². The quantitative estimate of drug-likeness (QED) is 0.139. The fraction of sp³-hybridized carbons (Fsp3) is 0.792. The maximum absolute atomic E-state index is 12.1. The fourth-order valence-electron chi connectivity index (χ4n) is 3.80. The molecule has 0 spiro atoms. The molecular formula is C24H41N3O10. The van der Waals surface area contributed by atoms with E-state index in [1.165, 1.54) is 20.8 Å². The Bertz CT molecular complexity index is 763. The lowest BCUT2D eigenvalue weighted by Crippen LogP contribution is -2.66. The van der Waals surface area contributed by atoms with E-state index in [1.54, 1.807) is 0 Å². The molecule has 1 saturated heterocycles. The molecule has 13 nitrogen and oxygen atoms in total. The highest BCUT2D eigenvalue weighted by Gasteiger charge is 2.51. The highest BCUT2D eigenvalue weighted by molar-refractivity contribution is 5.75. The van der Waals surface area contributed by atoms with Crippen molar-refractivity contribution in [3.63, 3.8) is 0 Å². The number of nitrogens with two attached hydrogens (primary N) is 1. The van der Waals surface area contributed by atoms with Crippen LogP contribution in [0, 0.1) is 0 Å². The number of rotatable bonds is 16. The van der Waals surface area contributed by atoms with Crippen LogP contribution in [-0.4, -0.2) is 86.7 Å². The summed E-state index contributed by atoms with van der Waals surface area (Å²) in [6, 6.07) is -1.04. The second kappa shape index (κ2) is 17.6. The maximum atomic E-state index is 12.1. The molecular weight excluding hydrogens is 490 g/mol. The van der Waals surface area contributed by atoms with Crippen LogP contribution in [0.25, 0.3) is 0 Å². The van der Waals surface area contributed by atoms with E-state index in [0.29, 0.717) is 19.5 Å². The van der Waals surface area contributed by atoms with Gasteiger partial charge in [0.1, 0.15) is 18.8 Å². The van der Waals surface area contributed by atoms with E-state index >= 15 is 0 Å². The van der Waals surface area contributed by atoms with Gasteiger partial charge in [-0.15, -0.1) is 0 Å². The molecule has 4 N–H and O–H groups in total. The minimum absolute atomic E-state index is 0.0793. The molecule has 13 heteroatoms. The van der Waals surface area contributed by atoms with Crippen molar-refractivity contribution in [2.45, 2.75) is 96.9 Å². The first-order chi connectivity index (χ1) is 17.5. The van der Waals surface area contributed by atoms with Gasteiger partial charge in [0.05, 0.1) is 6.61 Å². The first-order valence-electron chi connectivity index (χ1n) is 12.5. The van der Waals surface area contributed by atoms with Gasteiger partial charge in [-0.3, -0.25) is 24.0 Å². The van der Waals surface area contributed by atoms with E-state index in [0.717, 1.165) is 32.6 Å². The van der Waals surface area contributed by atoms with Crippen molar-refractivity contribution in [2.75, 3.05) is 26.3 Å². The van der Waals surface area contributed by atoms with Gasteiger partial charge in [0.15, 0.2) is 18.5 Å². The van der Waals surface area contributed by atoms with Crippen molar-refractivity contribution in [1.82, 2.24) is 10.6 Å². The summed E-state index contributed by atoms with van der Waals surface area (Å²) in [5.41, 5.74) is 5.46. The lowest BCUT2D eigenvalue weighted by Gasteiger charge is -2.44. The molecule has 0 saturated carbocycles. The highest BCUT2D eigenvalue weighted by Crippen LogP contribution is 2.28. The molecule has 0 bridgehead atoms. The predicted octanol–water partition coefficient (Wildman–Crippen LogP) is 0.0746. The molecule has 1 aliphatic heterocycles. The average Bonchev–Trinajstić information content (AvgIpc) is 2.80. The van der Waals surface area contributed by atoms with Gasteiger partial charge in [-0.25, -0.2) is 0 Å². The Balaban J connectivity index is 2.83. The van der Waals surface area contributed by atoms with Gasteiger partial charge in [0.2, 0.25) is 11.8 Å². The smallest absolute Gasteiger partial charge is 0.303 e. The van der Waals surface area contributed by atoms with Crippen molar-refractivity contribution in [2.24, 2.45) is 5.73 Å². The lowest BCUT2D eigenvalue weighted by molar-refractivity contribution is -0.277. The summed E-state index contributed by atoms with van der Waals surface area (Å²) in [7, 11) is 0. The first-order valence-corrected chi connectivity index (χ1v) is 12.5. The molecule has 5 unspecified atom stereocenters. The van der Waals surface area contributed by atoms with Gasteiger partial charge >= 0.3 is 17.9 Å². The largest absolute Gasteiger partial charge is 0.463 e. The SMILES string of the molecule is CC(=O)NC1C(OCCCC(=O)NCCCCCCN)OC(COC(C)=O)C(OC(C)=O)C1OC(C)=O. The Morgan fingerprint density at radius 1 is 0.838 bits per heavy atom. The maximum Gasteiger partial charge on any atom is 0.303 e. The average molecular weight is 532 g/mol. The molecule has 1 aliphatic rings. The summed E-state index contributed by atoms with van der Waals surface area (Å²) in [6.45, 7) is 5.80. The molecule has 0 aromatic carbocycles. The van der Waals surface area contributed by atoms with Crippen LogP contribution in [0.2, 0.25) is 0 Å². The van der Waals surface area contributed by atoms with Crippen molar-refractivity contribution < 1.29 is 47.7 Å². The number of esters is 3. The number of amides is 2. The normalized spacial score (nSPS) is 23.0. The highest BCUT2D eigenvalue weighted by atomic mass is 16.7. The Morgan fingerprint density at radius 3 is 2.08 bits per heavy atom. The molecule has 2 amide bonds. The van der Waals surface area contributed by atoms with Crippen molar-refractivity contribution in [3.05, 3.63) is 0 Å². The van der Waals surface area contributed by atoms with Crippen LogP contribution in [0.5, 0.6) is 0 Å². The minimum Gasteiger partial charge on any atom is -0.463 e. The number of hydrogen-bond donors (Lipinski definition) is 3. The van der Waals surface area contributed by atoms with E-state index in [-0.39, 0.29) is 25.5 Å². The van der Waals surface area contributed by atoms with Gasteiger partial charge in [0, 0.05) is 40.7 Å². The summed E-state index contributed by atoms with van der Waals surface area (Å²) in [4.78, 5) is 59.0. The summed E-state index contributed by atoms with van der Waals surface area (Å²) >= 11 is 0. The van der Waals surface area contributed by atoms with E-state index in [1.807, 2.05) is 0 Å². The number of nitrogens with one attached hydrogen (secondary N) is 2. The predicted molar refractivity (Wildman–Crippen MR) is 130 cm³/mol. The van der Waals surface area contributed by atoms with E-state index in [2.05, 4.69) is 10.6 Å². The molecule has 0 radical (unpaired) electrons. The second-order valence-electron chi connectivity index (χ2n) is 8.75.